The van der Waals surface area contributed by atoms with Crippen molar-refractivity contribution in [1.82, 2.24) is 4.98 Å². The van der Waals surface area contributed by atoms with Crippen molar-refractivity contribution in [2.24, 2.45) is 17.3 Å². The van der Waals surface area contributed by atoms with Crippen LogP contribution in [-0.2, 0) is 4.79 Å². The summed E-state index contributed by atoms with van der Waals surface area (Å²) in [5.74, 6) is 2.76. The molecule has 0 saturated heterocycles. The van der Waals surface area contributed by atoms with E-state index in [1.54, 1.807) is 18.2 Å². The van der Waals surface area contributed by atoms with Gasteiger partial charge in [0.15, 0.2) is 0 Å². The second-order valence-corrected chi connectivity index (χ2v) is 7.41. The highest BCUT2D eigenvalue weighted by molar-refractivity contribution is 5.98. The smallest absolute Gasteiger partial charge is 0.242 e. The van der Waals surface area contributed by atoms with Crippen molar-refractivity contribution < 1.29 is 9.18 Å². The highest BCUT2D eigenvalue weighted by Crippen LogP contribution is 2.35. The lowest BCUT2D eigenvalue weighted by Crippen LogP contribution is -2.37. The van der Waals surface area contributed by atoms with Crippen LogP contribution in [0.1, 0.15) is 40.5 Å². The van der Waals surface area contributed by atoms with Crippen LogP contribution in [0.5, 0.6) is 0 Å². The summed E-state index contributed by atoms with van der Waals surface area (Å²) in [5.41, 5.74) is -0.0533. The lowest BCUT2D eigenvalue weighted by Gasteiger charge is -2.30. The summed E-state index contributed by atoms with van der Waals surface area (Å²) in [4.78, 5) is 17.1. The van der Waals surface area contributed by atoms with Gasteiger partial charge in [-0.2, -0.15) is 0 Å². The molecule has 1 heterocycles. The molecule has 4 heteroatoms. The van der Waals surface area contributed by atoms with E-state index < -0.39 is 5.41 Å². The van der Waals surface area contributed by atoms with E-state index in [4.69, 9.17) is 6.42 Å². The zero-order valence-corrected chi connectivity index (χ0v) is 15.3. The van der Waals surface area contributed by atoms with Gasteiger partial charge in [0.2, 0.25) is 5.91 Å². The number of carbonyl (C=O) groups is 1. The van der Waals surface area contributed by atoms with Crippen molar-refractivity contribution in [3.05, 3.63) is 36.3 Å². The van der Waals surface area contributed by atoms with Gasteiger partial charge in [-0.3, -0.25) is 9.78 Å². The first-order valence-electron chi connectivity index (χ1n) is 8.61. The third-order valence-corrected chi connectivity index (χ3v) is 4.14. The van der Waals surface area contributed by atoms with Gasteiger partial charge in [0, 0.05) is 5.39 Å². The van der Waals surface area contributed by atoms with E-state index in [2.05, 4.69) is 43.9 Å². The number of anilines is 1. The first-order valence-corrected chi connectivity index (χ1v) is 8.61. The average molecular weight is 340 g/mol. The number of hydrogen-bond donors (Lipinski definition) is 1. The molecule has 0 bridgehead atoms. The third kappa shape index (κ3) is 4.36. The van der Waals surface area contributed by atoms with Gasteiger partial charge >= 0.3 is 0 Å². The van der Waals surface area contributed by atoms with Gasteiger partial charge in [0.1, 0.15) is 16.7 Å². The average Bonchev–Trinajstić information content (AvgIpc) is 2.53. The van der Waals surface area contributed by atoms with Crippen molar-refractivity contribution in [2.75, 3.05) is 5.32 Å². The van der Waals surface area contributed by atoms with Crippen LogP contribution in [0, 0.1) is 35.4 Å². The molecule has 0 aliphatic heterocycles. The number of pyridine rings is 1. The van der Waals surface area contributed by atoms with Crippen LogP contribution < -0.4 is 5.32 Å². The highest BCUT2D eigenvalue weighted by Gasteiger charge is 2.37. The monoisotopic (exact) mass is 340 g/mol. The topological polar surface area (TPSA) is 42.0 Å². The number of terminal acetylenes is 1. The molecule has 0 spiro atoms. The maximum Gasteiger partial charge on any atom is 0.242 e. The Labute approximate surface area is 149 Å². The zero-order chi connectivity index (χ0) is 18.6. The molecule has 1 N–H and O–H groups in total. The Kier molecular flexibility index (Phi) is 5.79. The number of nitrogens with zero attached hydrogens (tertiary/aromatic N) is 1. The fraction of sp³-hybridized carbons (Fsp3) is 0.429. The Morgan fingerprint density at radius 2 is 1.92 bits per heavy atom. The molecule has 1 aromatic heterocycles. The van der Waals surface area contributed by atoms with E-state index in [1.807, 2.05) is 0 Å². The van der Waals surface area contributed by atoms with E-state index in [9.17, 15) is 9.18 Å². The summed E-state index contributed by atoms with van der Waals surface area (Å²) < 4.78 is 13.7. The van der Waals surface area contributed by atoms with Gasteiger partial charge < -0.3 is 5.32 Å². The van der Waals surface area contributed by atoms with Gasteiger partial charge in [-0.1, -0.05) is 45.7 Å². The minimum Gasteiger partial charge on any atom is -0.323 e. The van der Waals surface area contributed by atoms with Gasteiger partial charge in [-0.05, 0) is 36.8 Å². The van der Waals surface area contributed by atoms with Gasteiger partial charge in [0.25, 0.3) is 0 Å². The minimum atomic E-state index is -0.862. The quantitative estimate of drug-likeness (QED) is 0.750. The molecule has 3 nitrogen and oxygen atoms in total. The SMILES string of the molecule is C#CC(CC(C)C)(CC(C)C)C(=O)Nc1cnc2c(F)cccc2c1. The molecular formula is C21H25FN2O. The van der Waals surface area contributed by atoms with E-state index in [0.29, 0.717) is 35.8 Å². The first-order chi connectivity index (χ1) is 11.8. The third-order valence-electron chi connectivity index (χ3n) is 4.14. The number of rotatable bonds is 6. The number of nitrogens with one attached hydrogen (secondary N) is 1. The maximum atomic E-state index is 13.7. The van der Waals surface area contributed by atoms with E-state index in [0.717, 1.165) is 0 Å². The molecule has 0 aliphatic rings. The fourth-order valence-electron chi connectivity index (χ4n) is 3.29. The fourth-order valence-corrected chi connectivity index (χ4v) is 3.29. The summed E-state index contributed by atoms with van der Waals surface area (Å²) in [7, 11) is 0. The number of amides is 1. The van der Waals surface area contributed by atoms with Crippen LogP contribution >= 0.6 is 0 Å². The molecule has 0 atom stereocenters. The molecular weight excluding hydrogens is 315 g/mol. The maximum absolute atomic E-state index is 13.7. The number of benzene rings is 1. The second kappa shape index (κ2) is 7.65. The molecule has 25 heavy (non-hydrogen) atoms. The minimum absolute atomic E-state index is 0.199. The predicted molar refractivity (Wildman–Crippen MR) is 101 cm³/mol. The molecule has 1 amide bonds. The van der Waals surface area contributed by atoms with Gasteiger partial charge in [-0.15, -0.1) is 6.42 Å². The summed E-state index contributed by atoms with van der Waals surface area (Å²) in [5, 5.41) is 3.53. The molecule has 2 rings (SSSR count). The first kappa shape index (κ1) is 18.9. The number of para-hydroxylation sites is 1. The van der Waals surface area contributed by atoms with Gasteiger partial charge in [0.05, 0.1) is 11.9 Å². The number of carbonyl (C=O) groups excluding carboxylic acids is 1. The van der Waals surface area contributed by atoms with E-state index in [-0.39, 0.29) is 17.2 Å². The Bertz CT molecular complexity index is 795. The number of fused-ring (bicyclic) bond motifs is 1. The Morgan fingerprint density at radius 1 is 1.28 bits per heavy atom. The summed E-state index contributed by atoms with van der Waals surface area (Å²) in [6.45, 7) is 8.22. The Morgan fingerprint density at radius 3 is 2.48 bits per heavy atom. The van der Waals surface area contributed by atoms with Gasteiger partial charge in [-0.25, -0.2) is 4.39 Å². The Balaban J connectivity index is 2.33. The Hall–Kier alpha value is -2.41. The van der Waals surface area contributed by atoms with Crippen molar-refractivity contribution in [1.29, 1.82) is 0 Å². The molecule has 1 aromatic carbocycles. The molecule has 0 aliphatic carbocycles. The van der Waals surface area contributed by atoms with Crippen molar-refractivity contribution in [3.63, 3.8) is 0 Å². The van der Waals surface area contributed by atoms with Crippen LogP contribution in [0.15, 0.2) is 30.5 Å². The van der Waals surface area contributed by atoms with Crippen LogP contribution in [0.3, 0.4) is 0 Å². The number of hydrogen-bond acceptors (Lipinski definition) is 2. The van der Waals surface area contributed by atoms with Crippen LogP contribution in [0.2, 0.25) is 0 Å². The largest absolute Gasteiger partial charge is 0.323 e. The number of aromatic nitrogens is 1. The van der Waals surface area contributed by atoms with E-state index >= 15 is 0 Å². The molecule has 0 unspecified atom stereocenters. The lowest BCUT2D eigenvalue weighted by molar-refractivity contribution is -0.124. The second-order valence-electron chi connectivity index (χ2n) is 7.41. The number of halogens is 1. The van der Waals surface area contributed by atoms with Crippen LogP contribution in [0.25, 0.3) is 10.9 Å². The van der Waals surface area contributed by atoms with Crippen molar-refractivity contribution in [3.8, 4) is 12.3 Å². The molecule has 0 fully saturated rings. The van der Waals surface area contributed by atoms with Crippen molar-refractivity contribution in [2.45, 2.75) is 40.5 Å². The van der Waals surface area contributed by atoms with Crippen LogP contribution in [0.4, 0.5) is 10.1 Å². The summed E-state index contributed by atoms with van der Waals surface area (Å²) in [6.07, 6.45) is 8.49. The molecule has 132 valence electrons. The molecule has 2 aromatic rings. The molecule has 0 radical (unpaired) electrons. The van der Waals surface area contributed by atoms with Crippen LogP contribution in [-0.4, -0.2) is 10.9 Å². The predicted octanol–water partition coefficient (Wildman–Crippen LogP) is 5.02. The molecule has 0 saturated carbocycles. The summed E-state index contributed by atoms with van der Waals surface area (Å²) >= 11 is 0. The highest BCUT2D eigenvalue weighted by atomic mass is 19.1. The standard InChI is InChI=1S/C21H25FN2O/c1-6-21(11-14(2)3,12-15(4)5)20(25)24-17-10-16-8-7-9-18(22)19(16)23-13-17/h1,7-10,13-15H,11-12H2,2-5H3,(H,24,25). The van der Waals surface area contributed by atoms with E-state index in [1.165, 1.54) is 12.3 Å². The summed E-state index contributed by atoms with van der Waals surface area (Å²) in [6, 6.07) is 6.46. The van der Waals surface area contributed by atoms with Crippen molar-refractivity contribution >= 4 is 22.5 Å². The normalized spacial score (nSPS) is 11.8. The lowest BCUT2D eigenvalue weighted by atomic mass is 9.74. The zero-order valence-electron chi connectivity index (χ0n) is 15.3.